The highest BCUT2D eigenvalue weighted by Crippen LogP contribution is 2.31. The highest BCUT2D eigenvalue weighted by atomic mass is 16.2. The number of amides is 4. The van der Waals surface area contributed by atoms with E-state index >= 15 is 0 Å². The number of hydrogen-bond donors (Lipinski definition) is 3. The van der Waals surface area contributed by atoms with Crippen molar-refractivity contribution in [2.24, 2.45) is 7.05 Å². The van der Waals surface area contributed by atoms with E-state index in [9.17, 15) is 19.2 Å². The molecule has 3 N–H and O–H groups in total. The summed E-state index contributed by atoms with van der Waals surface area (Å²) >= 11 is 0. The van der Waals surface area contributed by atoms with Crippen LogP contribution in [0.3, 0.4) is 0 Å². The molecule has 4 heterocycles. The quantitative estimate of drug-likeness (QED) is 0.596. The molecule has 1 atom stereocenters. The molecule has 3 aliphatic rings. The van der Waals surface area contributed by atoms with Gasteiger partial charge in [0.2, 0.25) is 11.8 Å². The zero-order valence-electron chi connectivity index (χ0n) is 17.0. The van der Waals surface area contributed by atoms with Crippen molar-refractivity contribution in [1.29, 1.82) is 0 Å². The Hall–Kier alpha value is -3.53. The maximum atomic E-state index is 13.2. The van der Waals surface area contributed by atoms with Crippen molar-refractivity contribution in [2.75, 3.05) is 11.9 Å². The third kappa shape index (κ3) is 3.10. The number of nitrogens with zero attached hydrogens (tertiary/aromatic N) is 3. The van der Waals surface area contributed by atoms with E-state index in [4.69, 9.17) is 0 Å². The largest absolute Gasteiger partial charge is 0.366 e. The highest BCUT2D eigenvalue weighted by Gasteiger charge is 2.45. The minimum atomic E-state index is -0.971. The number of aryl methyl sites for hydroxylation is 1. The Balaban J connectivity index is 1.42. The fourth-order valence-electron chi connectivity index (χ4n) is 4.56. The number of anilines is 1. The van der Waals surface area contributed by atoms with E-state index in [1.54, 1.807) is 22.9 Å². The van der Waals surface area contributed by atoms with E-state index in [0.29, 0.717) is 17.7 Å². The summed E-state index contributed by atoms with van der Waals surface area (Å²) in [5, 5.41) is 13.5. The Morgan fingerprint density at radius 1 is 1.16 bits per heavy atom. The van der Waals surface area contributed by atoms with Gasteiger partial charge in [0.05, 0.1) is 16.8 Å². The summed E-state index contributed by atoms with van der Waals surface area (Å²) in [6, 6.07) is 4.16. The lowest BCUT2D eigenvalue weighted by Crippen LogP contribution is -2.54. The van der Waals surface area contributed by atoms with Crippen molar-refractivity contribution in [1.82, 2.24) is 25.3 Å². The number of nitrogens with one attached hydrogen (secondary N) is 3. The number of carbonyl (C=O) groups is 4. The smallest absolute Gasteiger partial charge is 0.262 e. The summed E-state index contributed by atoms with van der Waals surface area (Å²) < 4.78 is 1.80. The lowest BCUT2D eigenvalue weighted by molar-refractivity contribution is -0.136. The first kappa shape index (κ1) is 19.4. The van der Waals surface area contributed by atoms with Crippen LogP contribution in [0.1, 0.15) is 50.4 Å². The van der Waals surface area contributed by atoms with Gasteiger partial charge in [-0.25, -0.2) is 0 Å². The molecule has 4 amide bonds. The van der Waals surface area contributed by atoms with Gasteiger partial charge in [-0.15, -0.1) is 0 Å². The van der Waals surface area contributed by atoms with Crippen LogP contribution in [0.15, 0.2) is 18.2 Å². The molecule has 0 radical (unpaired) electrons. The molecule has 10 heteroatoms. The molecule has 10 nitrogen and oxygen atoms in total. The van der Waals surface area contributed by atoms with Gasteiger partial charge in [0, 0.05) is 45.1 Å². The molecule has 1 unspecified atom stereocenters. The van der Waals surface area contributed by atoms with Crippen LogP contribution in [0.5, 0.6) is 0 Å². The fraction of sp³-hybridized carbons (Fsp3) is 0.381. The van der Waals surface area contributed by atoms with Crippen LogP contribution in [0.2, 0.25) is 0 Å². The van der Waals surface area contributed by atoms with Gasteiger partial charge in [-0.2, -0.15) is 5.10 Å². The third-order valence-corrected chi connectivity index (χ3v) is 6.07. The van der Waals surface area contributed by atoms with Gasteiger partial charge in [0.1, 0.15) is 11.9 Å². The average molecular weight is 422 g/mol. The lowest BCUT2D eigenvalue weighted by Gasteiger charge is -2.27. The topological polar surface area (TPSA) is 125 Å². The molecule has 1 aromatic heterocycles. The maximum absolute atomic E-state index is 13.2. The molecule has 1 saturated heterocycles. The van der Waals surface area contributed by atoms with Crippen molar-refractivity contribution >= 4 is 29.4 Å². The summed E-state index contributed by atoms with van der Waals surface area (Å²) in [6.07, 6.45) is 1.09. The SMILES string of the molecule is Cn1nc2c(c1NCc1cccc3c1C(=O)N(C1CCC(=O)NC1=O)C3=O)CNCC2. The van der Waals surface area contributed by atoms with E-state index in [0.717, 1.165) is 41.5 Å². The van der Waals surface area contributed by atoms with Crippen LogP contribution in [0.25, 0.3) is 0 Å². The van der Waals surface area contributed by atoms with Gasteiger partial charge in [0.25, 0.3) is 11.8 Å². The van der Waals surface area contributed by atoms with Crippen LogP contribution >= 0.6 is 0 Å². The maximum Gasteiger partial charge on any atom is 0.262 e. The molecule has 2 aromatic rings. The minimum Gasteiger partial charge on any atom is -0.366 e. The van der Waals surface area contributed by atoms with Gasteiger partial charge >= 0.3 is 0 Å². The number of carbonyl (C=O) groups excluding carboxylic acids is 4. The first-order valence-electron chi connectivity index (χ1n) is 10.3. The van der Waals surface area contributed by atoms with E-state index < -0.39 is 29.7 Å². The van der Waals surface area contributed by atoms with E-state index in [2.05, 4.69) is 21.0 Å². The first-order chi connectivity index (χ1) is 15.0. The van der Waals surface area contributed by atoms with E-state index in [1.165, 1.54) is 0 Å². The number of piperidine rings is 1. The lowest BCUT2D eigenvalue weighted by atomic mass is 10.0. The summed E-state index contributed by atoms with van der Waals surface area (Å²) in [7, 11) is 1.87. The van der Waals surface area contributed by atoms with Gasteiger partial charge in [0.15, 0.2) is 0 Å². The number of benzene rings is 1. The second kappa shape index (κ2) is 7.31. The van der Waals surface area contributed by atoms with Crippen molar-refractivity contribution in [3.05, 3.63) is 46.1 Å². The molecule has 3 aliphatic heterocycles. The van der Waals surface area contributed by atoms with Gasteiger partial charge in [-0.3, -0.25) is 34.1 Å². The zero-order chi connectivity index (χ0) is 21.7. The van der Waals surface area contributed by atoms with Gasteiger partial charge in [-0.1, -0.05) is 12.1 Å². The standard InChI is InChI=1S/C21H22N6O4/c1-26-18(13-10-22-8-7-14(13)25-26)23-9-11-3-2-4-12-17(11)21(31)27(20(12)30)15-5-6-16(28)24-19(15)29/h2-4,15,22-23H,5-10H2,1H3,(H,24,28,29). The van der Waals surface area contributed by atoms with E-state index in [-0.39, 0.29) is 18.4 Å². The third-order valence-electron chi connectivity index (χ3n) is 6.07. The number of hydrogen-bond acceptors (Lipinski definition) is 7. The van der Waals surface area contributed by atoms with Crippen LogP contribution in [0, 0.1) is 0 Å². The van der Waals surface area contributed by atoms with Crippen LogP contribution < -0.4 is 16.0 Å². The Morgan fingerprint density at radius 3 is 2.81 bits per heavy atom. The monoisotopic (exact) mass is 422 g/mol. The Morgan fingerprint density at radius 2 is 2.00 bits per heavy atom. The summed E-state index contributed by atoms with van der Waals surface area (Å²) in [5.74, 6) is -1.13. The number of fused-ring (bicyclic) bond motifs is 2. The molecule has 5 rings (SSSR count). The van der Waals surface area contributed by atoms with Crippen molar-refractivity contribution in [2.45, 2.75) is 38.4 Å². The molecular formula is C21H22N6O4. The average Bonchev–Trinajstić information content (AvgIpc) is 3.20. The summed E-state index contributed by atoms with van der Waals surface area (Å²) in [4.78, 5) is 50.9. The molecule has 31 heavy (non-hydrogen) atoms. The molecule has 0 bridgehead atoms. The highest BCUT2D eigenvalue weighted by molar-refractivity contribution is 6.24. The van der Waals surface area contributed by atoms with Crippen molar-refractivity contribution in [3.63, 3.8) is 0 Å². The number of rotatable bonds is 4. The predicted molar refractivity (Wildman–Crippen MR) is 109 cm³/mol. The fourth-order valence-corrected chi connectivity index (χ4v) is 4.56. The predicted octanol–water partition coefficient (Wildman–Crippen LogP) is 0.0791. The Labute approximate surface area is 178 Å². The Bertz CT molecular complexity index is 1140. The number of aromatic nitrogens is 2. The molecule has 1 aromatic carbocycles. The molecule has 0 saturated carbocycles. The molecule has 160 valence electrons. The first-order valence-corrected chi connectivity index (χ1v) is 10.3. The van der Waals surface area contributed by atoms with E-state index in [1.807, 2.05) is 7.05 Å². The minimum absolute atomic E-state index is 0.0951. The Kier molecular flexibility index (Phi) is 4.58. The van der Waals surface area contributed by atoms with Crippen LogP contribution in [-0.2, 0) is 36.1 Å². The molecular weight excluding hydrogens is 400 g/mol. The van der Waals surface area contributed by atoms with Crippen molar-refractivity contribution in [3.8, 4) is 0 Å². The summed E-state index contributed by atoms with van der Waals surface area (Å²) in [6.45, 7) is 1.94. The molecule has 0 spiro atoms. The van der Waals surface area contributed by atoms with Crippen molar-refractivity contribution < 1.29 is 19.2 Å². The van der Waals surface area contributed by atoms with Gasteiger partial charge < -0.3 is 10.6 Å². The zero-order valence-corrected chi connectivity index (χ0v) is 17.0. The molecule has 1 fully saturated rings. The summed E-state index contributed by atoms with van der Waals surface area (Å²) in [5.41, 5.74) is 3.41. The number of imide groups is 2. The second-order valence-electron chi connectivity index (χ2n) is 7.96. The van der Waals surface area contributed by atoms with Crippen LogP contribution in [-0.4, -0.2) is 50.9 Å². The van der Waals surface area contributed by atoms with Crippen LogP contribution in [0.4, 0.5) is 5.82 Å². The normalized spacial score (nSPS) is 20.5. The van der Waals surface area contributed by atoms with Gasteiger partial charge in [-0.05, 0) is 18.1 Å². The second-order valence-corrected chi connectivity index (χ2v) is 7.96. The molecule has 0 aliphatic carbocycles.